The average Bonchev–Trinajstić information content (AvgIpc) is 2.83. The van der Waals surface area contributed by atoms with Crippen molar-refractivity contribution in [3.8, 4) is 0 Å². The van der Waals surface area contributed by atoms with E-state index in [9.17, 15) is 24.4 Å². The van der Waals surface area contributed by atoms with Crippen molar-refractivity contribution in [1.29, 1.82) is 0 Å². The summed E-state index contributed by atoms with van der Waals surface area (Å²) in [6.07, 6.45) is 3.70. The predicted octanol–water partition coefficient (Wildman–Crippen LogP) is 4.30. The summed E-state index contributed by atoms with van der Waals surface area (Å²) in [5.74, 6) is -2.09. The van der Waals surface area contributed by atoms with Crippen LogP contribution in [0.2, 0.25) is 0 Å². The van der Waals surface area contributed by atoms with Crippen molar-refractivity contribution in [2.24, 2.45) is 28.8 Å². The molecule has 9 heteroatoms. The van der Waals surface area contributed by atoms with Crippen LogP contribution in [-0.4, -0.2) is 72.2 Å². The van der Waals surface area contributed by atoms with Crippen LogP contribution in [0.5, 0.6) is 0 Å². The Hall–Kier alpha value is -1.97. The van der Waals surface area contributed by atoms with E-state index in [2.05, 4.69) is 10.1 Å². The Morgan fingerprint density at radius 1 is 1.00 bits per heavy atom. The fourth-order valence-corrected chi connectivity index (χ4v) is 5.16. The Balaban J connectivity index is 0.000000516. The first-order valence-corrected chi connectivity index (χ1v) is 13.5. The molecular weight excluding hydrogens is 476 g/mol. The van der Waals surface area contributed by atoms with Gasteiger partial charge in [0.05, 0.1) is 6.10 Å². The SMILES string of the molecule is CC1CC(N(C)C)CC(O)O1.CCC1OC(=O)C(C)C(=O)C(C)CC(C)C[C@@H](C)C(=O)/C(C)=C/C1N=O. The smallest absolute Gasteiger partial charge is 0.316 e. The maximum atomic E-state index is 12.6. The number of nitrogens with zero attached hydrogens (tertiary/aromatic N) is 2. The van der Waals surface area contributed by atoms with Gasteiger partial charge < -0.3 is 19.5 Å². The molecule has 2 heterocycles. The highest BCUT2D eigenvalue weighted by atomic mass is 16.6. The molecule has 0 saturated carbocycles. The molecule has 2 aliphatic heterocycles. The Kier molecular flexibility index (Phi) is 13.8. The molecule has 37 heavy (non-hydrogen) atoms. The van der Waals surface area contributed by atoms with Gasteiger partial charge in [-0.3, -0.25) is 14.4 Å². The topological polar surface area (TPSA) is 123 Å². The van der Waals surface area contributed by atoms with Crippen LogP contribution in [-0.2, 0) is 23.9 Å². The molecule has 1 fully saturated rings. The zero-order valence-corrected chi connectivity index (χ0v) is 24.1. The van der Waals surface area contributed by atoms with Crippen LogP contribution in [0.15, 0.2) is 16.8 Å². The van der Waals surface area contributed by atoms with Crippen molar-refractivity contribution in [2.45, 2.75) is 111 Å². The zero-order valence-electron chi connectivity index (χ0n) is 24.1. The quantitative estimate of drug-likeness (QED) is 0.329. The number of esters is 1. The minimum atomic E-state index is -0.944. The van der Waals surface area contributed by atoms with E-state index >= 15 is 0 Å². The first kappa shape index (κ1) is 33.1. The number of aliphatic hydroxyl groups is 1. The number of nitroso groups, excluding NO2 is 1. The number of carbonyl (C=O) groups is 3. The number of ether oxygens (including phenoxy) is 2. The number of hydrogen-bond donors (Lipinski definition) is 1. The summed E-state index contributed by atoms with van der Waals surface area (Å²) >= 11 is 0. The van der Waals surface area contributed by atoms with Gasteiger partial charge in [-0.15, -0.1) is 0 Å². The first-order chi connectivity index (χ1) is 17.2. The van der Waals surface area contributed by atoms with Gasteiger partial charge in [-0.2, -0.15) is 4.91 Å². The number of hydrogen-bond acceptors (Lipinski definition) is 9. The van der Waals surface area contributed by atoms with Crippen LogP contribution >= 0.6 is 0 Å². The standard InChI is InChI=1S/C20H31NO5.C8H17NO2/c1-7-17-16(21-25)10-14(5)18(22)12(3)8-11(2)9-13(4)19(23)15(6)20(24)26-17;1-6-4-7(9(2)3)5-8(10)11-6/h10-13,15-17H,7-9H2,1-6H3;6-8,10H,4-5H2,1-3H3/b14-10+;/t11?,12-,13?,15?,16?,17?;/m1./s1. The highest BCUT2D eigenvalue weighted by Crippen LogP contribution is 2.26. The fourth-order valence-electron chi connectivity index (χ4n) is 5.16. The van der Waals surface area contributed by atoms with Gasteiger partial charge in [0.1, 0.15) is 23.8 Å². The lowest BCUT2D eigenvalue weighted by Gasteiger charge is -2.34. The van der Waals surface area contributed by atoms with Crippen LogP contribution in [0, 0.1) is 28.6 Å². The number of carbonyl (C=O) groups excluding carboxylic acids is 3. The van der Waals surface area contributed by atoms with Gasteiger partial charge in [0.2, 0.25) is 0 Å². The first-order valence-electron chi connectivity index (χ1n) is 13.5. The third-order valence-corrected chi connectivity index (χ3v) is 7.40. The Morgan fingerprint density at radius 2 is 1.59 bits per heavy atom. The molecule has 1 saturated heterocycles. The molecule has 9 atom stereocenters. The Labute approximate surface area is 222 Å². The molecule has 0 aromatic rings. The predicted molar refractivity (Wildman–Crippen MR) is 143 cm³/mol. The van der Waals surface area contributed by atoms with Crippen LogP contribution < -0.4 is 0 Å². The molecule has 2 rings (SSSR count). The van der Waals surface area contributed by atoms with Crippen molar-refractivity contribution in [3.05, 3.63) is 16.6 Å². The summed E-state index contributed by atoms with van der Waals surface area (Å²) in [5.41, 5.74) is 0.457. The minimum Gasteiger partial charge on any atom is -0.459 e. The lowest BCUT2D eigenvalue weighted by Crippen LogP contribution is -2.41. The van der Waals surface area contributed by atoms with Crippen molar-refractivity contribution in [3.63, 3.8) is 0 Å². The largest absolute Gasteiger partial charge is 0.459 e. The Morgan fingerprint density at radius 3 is 2.11 bits per heavy atom. The maximum Gasteiger partial charge on any atom is 0.316 e. The van der Waals surface area contributed by atoms with Gasteiger partial charge >= 0.3 is 5.97 Å². The molecule has 0 radical (unpaired) electrons. The van der Waals surface area contributed by atoms with Gasteiger partial charge in [-0.05, 0) is 78.1 Å². The normalized spacial score (nSPS) is 38.0. The molecule has 212 valence electrons. The molecule has 0 aromatic heterocycles. The number of rotatable bonds is 3. The van der Waals surface area contributed by atoms with Crippen molar-refractivity contribution < 1.29 is 29.0 Å². The van der Waals surface area contributed by atoms with E-state index in [0.717, 1.165) is 12.8 Å². The van der Waals surface area contributed by atoms with E-state index in [4.69, 9.17) is 9.47 Å². The zero-order chi connectivity index (χ0) is 28.4. The summed E-state index contributed by atoms with van der Waals surface area (Å²) in [5, 5.41) is 12.3. The lowest BCUT2D eigenvalue weighted by atomic mass is 9.82. The molecule has 0 spiro atoms. The van der Waals surface area contributed by atoms with Gasteiger partial charge in [-0.1, -0.05) is 32.9 Å². The van der Waals surface area contributed by atoms with Gasteiger partial charge in [-0.25, -0.2) is 0 Å². The lowest BCUT2D eigenvalue weighted by molar-refractivity contribution is -0.172. The van der Waals surface area contributed by atoms with E-state index < -0.39 is 30.3 Å². The molecule has 0 aromatic carbocycles. The van der Waals surface area contributed by atoms with Crippen molar-refractivity contribution in [2.75, 3.05) is 14.1 Å². The molecule has 0 bridgehead atoms. The van der Waals surface area contributed by atoms with E-state index in [-0.39, 0.29) is 35.4 Å². The second-order valence-corrected chi connectivity index (χ2v) is 11.2. The average molecular weight is 525 g/mol. The second kappa shape index (κ2) is 15.4. The summed E-state index contributed by atoms with van der Waals surface area (Å²) in [7, 11) is 4.07. The van der Waals surface area contributed by atoms with Crippen molar-refractivity contribution >= 4 is 17.5 Å². The highest BCUT2D eigenvalue weighted by Gasteiger charge is 2.33. The molecular formula is C28H48N2O7. The molecule has 0 amide bonds. The third kappa shape index (κ3) is 10.4. The fraction of sp³-hybridized carbons (Fsp3) is 0.821. The molecule has 9 nitrogen and oxygen atoms in total. The molecule has 2 aliphatic rings. The number of Topliss-reactive ketones (excluding diaryl/α,β-unsaturated/α-hetero) is 2. The summed E-state index contributed by atoms with van der Waals surface area (Å²) in [6, 6.07) is -0.478. The van der Waals surface area contributed by atoms with Gasteiger partial charge in [0, 0.05) is 24.3 Å². The van der Waals surface area contributed by atoms with Crippen LogP contribution in [0.4, 0.5) is 0 Å². The van der Waals surface area contributed by atoms with Gasteiger partial charge in [0.25, 0.3) is 0 Å². The summed E-state index contributed by atoms with van der Waals surface area (Å²) in [6.45, 7) is 12.6. The molecule has 8 unspecified atom stereocenters. The van der Waals surface area contributed by atoms with E-state index in [1.165, 1.54) is 6.08 Å². The third-order valence-electron chi connectivity index (χ3n) is 7.40. The number of aliphatic hydroxyl groups excluding tert-OH is 1. The van der Waals surface area contributed by atoms with E-state index in [1.807, 2.05) is 34.9 Å². The maximum absolute atomic E-state index is 12.6. The minimum absolute atomic E-state index is 0.0453. The highest BCUT2D eigenvalue weighted by molar-refractivity contribution is 5.99. The van der Waals surface area contributed by atoms with Crippen LogP contribution in [0.25, 0.3) is 0 Å². The van der Waals surface area contributed by atoms with Gasteiger partial charge in [0.15, 0.2) is 12.1 Å². The van der Waals surface area contributed by atoms with Crippen LogP contribution in [0.3, 0.4) is 0 Å². The van der Waals surface area contributed by atoms with Crippen LogP contribution in [0.1, 0.15) is 80.6 Å². The van der Waals surface area contributed by atoms with E-state index in [0.29, 0.717) is 30.9 Å². The monoisotopic (exact) mass is 524 g/mol. The van der Waals surface area contributed by atoms with E-state index in [1.54, 1.807) is 27.7 Å². The number of cyclic esters (lactones) is 1. The summed E-state index contributed by atoms with van der Waals surface area (Å²) in [4.78, 5) is 51.0. The number of allylic oxidation sites excluding steroid dienone is 1. The number of ketones is 2. The molecule has 0 aliphatic carbocycles. The Bertz CT molecular complexity index is 802. The summed E-state index contributed by atoms with van der Waals surface area (Å²) < 4.78 is 10.6. The molecule has 1 N–H and O–H groups in total. The van der Waals surface area contributed by atoms with Crippen molar-refractivity contribution in [1.82, 2.24) is 4.90 Å². The second-order valence-electron chi connectivity index (χ2n) is 11.2.